The lowest BCUT2D eigenvalue weighted by atomic mass is 10.1. The number of halogens is 2. The van der Waals surface area contributed by atoms with E-state index in [1.165, 1.54) is 11.0 Å². The molecule has 0 bridgehead atoms. The van der Waals surface area contributed by atoms with Gasteiger partial charge in [0.05, 0.1) is 8.95 Å². The number of amides is 1. The number of likely N-dealkylation sites (N-methyl/N-ethyl adjacent to an activating group) is 1. The van der Waals surface area contributed by atoms with E-state index in [9.17, 15) is 4.79 Å². The molecule has 0 aliphatic heterocycles. The van der Waals surface area contributed by atoms with Gasteiger partial charge in [0.25, 0.3) is 5.91 Å². The van der Waals surface area contributed by atoms with Crippen molar-refractivity contribution < 1.29 is 9.53 Å². The summed E-state index contributed by atoms with van der Waals surface area (Å²) in [5, 5.41) is 17.6. The third-order valence-corrected chi connectivity index (χ3v) is 3.55. The van der Waals surface area contributed by atoms with E-state index in [1.54, 1.807) is 26.2 Å². The Labute approximate surface area is 139 Å². The van der Waals surface area contributed by atoms with Gasteiger partial charge in [-0.2, -0.15) is 10.5 Å². The van der Waals surface area contributed by atoms with Gasteiger partial charge in [-0.15, -0.1) is 0 Å². The molecule has 1 aromatic rings. The molecule has 1 amide bonds. The minimum atomic E-state index is -0.366. The molecule has 0 radical (unpaired) electrons. The monoisotopic (exact) mass is 411 g/mol. The number of carbonyl (C=O) groups excluding carboxylic acids is 1. The van der Waals surface area contributed by atoms with Crippen LogP contribution in [0.5, 0.6) is 5.75 Å². The summed E-state index contributed by atoms with van der Waals surface area (Å²) in [6.45, 7) is -0.0745. The third kappa shape index (κ3) is 4.59. The van der Waals surface area contributed by atoms with E-state index in [-0.39, 0.29) is 18.1 Å². The van der Waals surface area contributed by atoms with Crippen LogP contribution < -0.4 is 4.74 Å². The van der Waals surface area contributed by atoms with Gasteiger partial charge in [0, 0.05) is 14.1 Å². The maximum atomic E-state index is 11.8. The number of nitriles is 2. The highest BCUT2D eigenvalue weighted by atomic mass is 79.9. The number of nitrogens with zero attached hydrogens (tertiary/aromatic N) is 3. The fraction of sp³-hybridized carbons (Fsp3) is 0.214. The first-order chi connectivity index (χ1) is 9.90. The molecule has 0 saturated heterocycles. The van der Waals surface area contributed by atoms with Gasteiger partial charge in [-0.3, -0.25) is 4.79 Å². The van der Waals surface area contributed by atoms with Crippen molar-refractivity contribution in [3.63, 3.8) is 0 Å². The van der Waals surface area contributed by atoms with E-state index in [1.807, 2.05) is 12.1 Å². The van der Waals surface area contributed by atoms with E-state index < -0.39 is 0 Å². The number of carbonyl (C=O) groups is 1. The first-order valence-corrected chi connectivity index (χ1v) is 7.31. The molecule has 5 nitrogen and oxygen atoms in total. The summed E-state index contributed by atoms with van der Waals surface area (Å²) < 4.78 is 6.51. The highest BCUT2D eigenvalue weighted by Crippen LogP contribution is 2.35. The van der Waals surface area contributed by atoms with Gasteiger partial charge in [-0.05, 0) is 55.6 Å². The van der Waals surface area contributed by atoms with E-state index in [0.29, 0.717) is 20.3 Å². The summed E-state index contributed by atoms with van der Waals surface area (Å²) in [7, 11) is 3.16. The highest BCUT2D eigenvalue weighted by Gasteiger charge is 2.13. The minimum absolute atomic E-state index is 0.0319. The molecule has 0 aliphatic rings. The lowest BCUT2D eigenvalue weighted by Gasteiger charge is -2.10. The Morgan fingerprint density at radius 3 is 2.33 bits per heavy atom. The predicted molar refractivity (Wildman–Crippen MR) is 85.2 cm³/mol. The van der Waals surface area contributed by atoms with E-state index >= 15 is 0 Å². The molecule has 0 aliphatic carbocycles. The van der Waals surface area contributed by atoms with Crippen LogP contribution in [0.15, 0.2) is 26.7 Å². The van der Waals surface area contributed by atoms with E-state index in [4.69, 9.17) is 15.3 Å². The molecule has 0 unspecified atom stereocenters. The molecule has 0 heterocycles. The van der Waals surface area contributed by atoms with Crippen LogP contribution in [-0.2, 0) is 4.79 Å². The Morgan fingerprint density at radius 1 is 1.33 bits per heavy atom. The average molecular weight is 413 g/mol. The Kier molecular flexibility index (Phi) is 6.41. The molecule has 0 atom stereocenters. The van der Waals surface area contributed by atoms with Crippen molar-refractivity contribution in [2.75, 3.05) is 20.7 Å². The van der Waals surface area contributed by atoms with Crippen molar-refractivity contribution in [2.45, 2.75) is 0 Å². The fourth-order valence-corrected chi connectivity index (χ4v) is 2.91. The molecule has 7 heteroatoms. The zero-order valence-electron chi connectivity index (χ0n) is 11.4. The van der Waals surface area contributed by atoms with Crippen LogP contribution >= 0.6 is 31.9 Å². The van der Waals surface area contributed by atoms with Crippen LogP contribution in [0.1, 0.15) is 5.56 Å². The fourth-order valence-electron chi connectivity index (χ4n) is 1.45. The second kappa shape index (κ2) is 7.82. The molecule has 1 aromatic carbocycles. The minimum Gasteiger partial charge on any atom is -0.476 e. The van der Waals surface area contributed by atoms with Gasteiger partial charge in [0.1, 0.15) is 23.5 Å². The summed E-state index contributed by atoms with van der Waals surface area (Å²) in [6.07, 6.45) is 1.49. The van der Waals surface area contributed by atoms with Gasteiger partial charge in [0.2, 0.25) is 0 Å². The van der Waals surface area contributed by atoms with E-state index in [2.05, 4.69) is 31.9 Å². The SMILES string of the molecule is CN(C)C(=O)/C(C#N)=C\c1cc(Br)c(OCC#N)c(Br)c1. The first kappa shape index (κ1) is 17.2. The third-order valence-electron chi connectivity index (χ3n) is 2.37. The standard InChI is InChI=1S/C14H11Br2N3O2/c1-19(2)14(20)10(8-18)5-9-6-11(15)13(12(16)7-9)21-4-3-17/h5-7H,4H2,1-2H3/b10-5-. The number of rotatable bonds is 4. The van der Waals surface area contributed by atoms with Crippen molar-refractivity contribution in [1.82, 2.24) is 4.90 Å². The Bertz CT molecular complexity index is 647. The maximum Gasteiger partial charge on any atom is 0.264 e. The first-order valence-electron chi connectivity index (χ1n) is 5.73. The Balaban J connectivity index is 3.19. The summed E-state index contributed by atoms with van der Waals surface area (Å²) in [5.41, 5.74) is 0.689. The molecule has 0 saturated carbocycles. The quantitative estimate of drug-likeness (QED) is 0.562. The molecule has 21 heavy (non-hydrogen) atoms. The van der Waals surface area contributed by atoms with Gasteiger partial charge in [-0.25, -0.2) is 0 Å². The van der Waals surface area contributed by atoms with Crippen molar-refractivity contribution >= 4 is 43.8 Å². The summed E-state index contributed by atoms with van der Waals surface area (Å²) >= 11 is 6.67. The van der Waals surface area contributed by atoms with Crippen molar-refractivity contribution in [2.24, 2.45) is 0 Å². The van der Waals surface area contributed by atoms with Crippen molar-refractivity contribution in [3.05, 3.63) is 32.2 Å². The van der Waals surface area contributed by atoms with Crippen LogP contribution in [0.2, 0.25) is 0 Å². The Hall–Kier alpha value is -1.83. The molecule has 1 rings (SSSR count). The largest absolute Gasteiger partial charge is 0.476 e. The van der Waals surface area contributed by atoms with Gasteiger partial charge < -0.3 is 9.64 Å². The zero-order valence-corrected chi connectivity index (χ0v) is 14.5. The van der Waals surface area contributed by atoms with Crippen LogP contribution in [-0.4, -0.2) is 31.5 Å². The number of hydrogen-bond acceptors (Lipinski definition) is 4. The lowest BCUT2D eigenvalue weighted by molar-refractivity contribution is -0.124. The van der Waals surface area contributed by atoms with Crippen LogP contribution in [0, 0.1) is 22.7 Å². The van der Waals surface area contributed by atoms with Crippen molar-refractivity contribution in [3.8, 4) is 17.9 Å². The molecular weight excluding hydrogens is 402 g/mol. The molecule has 0 fully saturated rings. The van der Waals surface area contributed by atoms with Crippen LogP contribution in [0.3, 0.4) is 0 Å². The molecule has 0 N–H and O–H groups in total. The topological polar surface area (TPSA) is 77.1 Å². The Morgan fingerprint density at radius 2 is 1.90 bits per heavy atom. The maximum absolute atomic E-state index is 11.8. The number of hydrogen-bond donors (Lipinski definition) is 0. The smallest absolute Gasteiger partial charge is 0.264 e. The average Bonchev–Trinajstić information content (AvgIpc) is 2.43. The predicted octanol–water partition coefficient (Wildman–Crippen LogP) is 3.11. The van der Waals surface area contributed by atoms with Gasteiger partial charge in [0.15, 0.2) is 6.61 Å². The van der Waals surface area contributed by atoms with Crippen LogP contribution in [0.4, 0.5) is 0 Å². The molecule has 108 valence electrons. The second-order valence-electron chi connectivity index (χ2n) is 4.13. The summed E-state index contributed by atoms with van der Waals surface area (Å²) in [5.74, 6) is 0.126. The van der Waals surface area contributed by atoms with Crippen molar-refractivity contribution in [1.29, 1.82) is 10.5 Å². The van der Waals surface area contributed by atoms with E-state index in [0.717, 1.165) is 0 Å². The molecular formula is C14H11Br2N3O2. The van der Waals surface area contributed by atoms with Crippen LogP contribution in [0.25, 0.3) is 6.08 Å². The zero-order chi connectivity index (χ0) is 16.0. The number of benzene rings is 1. The highest BCUT2D eigenvalue weighted by molar-refractivity contribution is 9.11. The lowest BCUT2D eigenvalue weighted by Crippen LogP contribution is -2.22. The van der Waals surface area contributed by atoms with Gasteiger partial charge >= 0.3 is 0 Å². The number of ether oxygens (including phenoxy) is 1. The summed E-state index contributed by atoms with van der Waals surface area (Å²) in [6, 6.07) is 7.18. The summed E-state index contributed by atoms with van der Waals surface area (Å²) in [4.78, 5) is 13.1. The normalized spacial score (nSPS) is 10.5. The second-order valence-corrected chi connectivity index (χ2v) is 5.84. The molecule has 0 spiro atoms. The van der Waals surface area contributed by atoms with Gasteiger partial charge in [-0.1, -0.05) is 0 Å². The molecule has 0 aromatic heterocycles.